The van der Waals surface area contributed by atoms with Gasteiger partial charge < -0.3 is 0 Å². The lowest BCUT2D eigenvalue weighted by Gasteiger charge is -2.47. The van der Waals surface area contributed by atoms with Crippen molar-refractivity contribution in [3.05, 3.63) is 36.8 Å². The van der Waals surface area contributed by atoms with Crippen molar-refractivity contribution in [2.24, 2.45) is 0 Å². The Morgan fingerprint density at radius 1 is 1.00 bits per heavy atom. The molecule has 0 unspecified atom stereocenters. The molecule has 0 saturated carbocycles. The smallest absolute Gasteiger partial charge is 0.0958 e. The molecule has 0 aromatic heterocycles. The first-order chi connectivity index (χ1) is 5.10. The second-order valence-electron chi connectivity index (χ2n) is 3.85. The standard InChI is InChI=1S/C9H16Si2/c1-5-10(4)8-11(6-2,7-3)9-10/h5-7H,1-3,8-9H2,4H3. The first-order valence-corrected chi connectivity index (χ1v) is 9.57. The normalized spacial score (nSPS) is 24.8. The molecule has 1 aliphatic heterocycles. The summed E-state index contributed by atoms with van der Waals surface area (Å²) < 4.78 is 0. The van der Waals surface area contributed by atoms with E-state index < -0.39 is 16.1 Å². The molecule has 1 rings (SSSR count). The van der Waals surface area contributed by atoms with Gasteiger partial charge in [0.15, 0.2) is 0 Å². The van der Waals surface area contributed by atoms with Crippen LogP contribution in [0.2, 0.25) is 17.9 Å². The second kappa shape index (κ2) is 2.61. The molecule has 0 amide bonds. The summed E-state index contributed by atoms with van der Waals surface area (Å²) in [4.78, 5) is 0. The highest BCUT2D eigenvalue weighted by atomic mass is 28.5. The van der Waals surface area contributed by atoms with Crippen molar-refractivity contribution in [2.75, 3.05) is 0 Å². The van der Waals surface area contributed by atoms with Crippen molar-refractivity contribution >= 4 is 16.1 Å². The minimum atomic E-state index is -1.13. The maximum absolute atomic E-state index is 3.90. The fraction of sp³-hybridized carbons (Fsp3) is 0.333. The van der Waals surface area contributed by atoms with E-state index in [4.69, 9.17) is 0 Å². The summed E-state index contributed by atoms with van der Waals surface area (Å²) in [6, 6.07) is 0. The van der Waals surface area contributed by atoms with Gasteiger partial charge in [0.05, 0.1) is 16.1 Å². The Morgan fingerprint density at radius 3 is 1.73 bits per heavy atom. The molecule has 1 aliphatic rings. The van der Waals surface area contributed by atoms with E-state index >= 15 is 0 Å². The summed E-state index contributed by atoms with van der Waals surface area (Å²) in [5, 5.41) is 0. The first-order valence-electron chi connectivity index (χ1n) is 4.00. The molecule has 1 heterocycles. The molecule has 1 saturated heterocycles. The molecule has 1 fully saturated rings. The SMILES string of the molecule is C=C[Si]1(C)C[Si](C=C)(C=C)C1. The maximum atomic E-state index is 3.90. The van der Waals surface area contributed by atoms with Crippen LogP contribution in [0.3, 0.4) is 0 Å². The number of hydrogen-bond donors (Lipinski definition) is 0. The Labute approximate surface area is 71.3 Å². The van der Waals surface area contributed by atoms with Crippen LogP contribution >= 0.6 is 0 Å². The van der Waals surface area contributed by atoms with Gasteiger partial charge in [-0.25, -0.2) is 0 Å². The van der Waals surface area contributed by atoms with Crippen LogP contribution in [0.25, 0.3) is 0 Å². The molecule has 0 spiro atoms. The van der Waals surface area contributed by atoms with Gasteiger partial charge in [-0.2, -0.15) is 0 Å². The molecule has 0 bridgehead atoms. The molecular weight excluding hydrogens is 164 g/mol. The van der Waals surface area contributed by atoms with Gasteiger partial charge in [0.2, 0.25) is 0 Å². The zero-order valence-corrected chi connectivity index (χ0v) is 9.27. The topological polar surface area (TPSA) is 0 Å². The lowest BCUT2D eigenvalue weighted by Crippen LogP contribution is -2.58. The van der Waals surface area contributed by atoms with Gasteiger partial charge in [-0.3, -0.25) is 0 Å². The van der Waals surface area contributed by atoms with Crippen molar-refractivity contribution in [3.8, 4) is 0 Å². The lowest BCUT2D eigenvalue weighted by atomic mass is 11.2. The molecule has 0 aliphatic carbocycles. The quantitative estimate of drug-likeness (QED) is 0.586. The predicted octanol–water partition coefficient (Wildman–Crippen LogP) is 2.78. The first kappa shape index (κ1) is 8.75. The molecule has 2 heteroatoms. The van der Waals surface area contributed by atoms with E-state index in [-0.39, 0.29) is 0 Å². The van der Waals surface area contributed by atoms with Crippen LogP contribution in [0, 0.1) is 0 Å². The van der Waals surface area contributed by atoms with Crippen molar-refractivity contribution in [3.63, 3.8) is 0 Å². The number of rotatable bonds is 3. The zero-order chi connectivity index (χ0) is 8.54. The highest BCUT2D eigenvalue weighted by Crippen LogP contribution is 2.41. The van der Waals surface area contributed by atoms with Crippen LogP contribution < -0.4 is 0 Å². The Hall–Kier alpha value is -0.346. The molecule has 0 N–H and O–H groups in total. The molecule has 11 heavy (non-hydrogen) atoms. The summed E-state index contributed by atoms with van der Waals surface area (Å²) in [7, 11) is -2.09. The third kappa shape index (κ3) is 1.33. The molecular formula is C9H16Si2. The Kier molecular flexibility index (Phi) is 2.07. The van der Waals surface area contributed by atoms with Crippen LogP contribution in [0.1, 0.15) is 0 Å². The fourth-order valence-electron chi connectivity index (χ4n) is 1.97. The van der Waals surface area contributed by atoms with Gasteiger partial charge in [-0.05, 0) is 0 Å². The van der Waals surface area contributed by atoms with Gasteiger partial charge in [-0.1, -0.05) is 29.3 Å². The number of hydrogen-bond acceptors (Lipinski definition) is 0. The van der Waals surface area contributed by atoms with Crippen molar-refractivity contribution in [1.29, 1.82) is 0 Å². The third-order valence-corrected chi connectivity index (χ3v) is 17.1. The molecule has 0 aromatic carbocycles. The van der Waals surface area contributed by atoms with Gasteiger partial charge in [0, 0.05) is 0 Å². The third-order valence-electron chi connectivity index (χ3n) is 2.77. The van der Waals surface area contributed by atoms with E-state index in [2.05, 4.69) is 43.4 Å². The van der Waals surface area contributed by atoms with E-state index in [9.17, 15) is 0 Å². The molecule has 0 aromatic rings. The Balaban J connectivity index is 2.67. The largest absolute Gasteiger partial charge is 0.107 e. The van der Waals surface area contributed by atoms with Crippen molar-refractivity contribution < 1.29 is 0 Å². The Morgan fingerprint density at radius 2 is 1.45 bits per heavy atom. The van der Waals surface area contributed by atoms with Crippen LogP contribution in [0.15, 0.2) is 36.8 Å². The molecule has 60 valence electrons. The van der Waals surface area contributed by atoms with Crippen LogP contribution in [-0.4, -0.2) is 16.1 Å². The Bertz CT molecular complexity index is 190. The van der Waals surface area contributed by atoms with Crippen LogP contribution in [0.4, 0.5) is 0 Å². The van der Waals surface area contributed by atoms with E-state index in [0.717, 1.165) is 0 Å². The van der Waals surface area contributed by atoms with Crippen LogP contribution in [0.5, 0.6) is 0 Å². The van der Waals surface area contributed by atoms with Crippen molar-refractivity contribution in [1.82, 2.24) is 0 Å². The molecule has 0 radical (unpaired) electrons. The van der Waals surface area contributed by atoms with E-state index in [1.807, 2.05) is 0 Å². The summed E-state index contributed by atoms with van der Waals surface area (Å²) in [5.41, 5.74) is 9.37. The summed E-state index contributed by atoms with van der Waals surface area (Å²) >= 11 is 0. The zero-order valence-electron chi connectivity index (χ0n) is 7.27. The van der Waals surface area contributed by atoms with Gasteiger partial charge in [-0.15, -0.1) is 25.4 Å². The average molecular weight is 180 g/mol. The highest BCUT2D eigenvalue weighted by molar-refractivity contribution is 7.19. The summed E-state index contributed by atoms with van der Waals surface area (Å²) in [6.07, 6.45) is 0. The van der Waals surface area contributed by atoms with Crippen LogP contribution in [-0.2, 0) is 0 Å². The second-order valence-corrected chi connectivity index (χ2v) is 13.7. The maximum Gasteiger partial charge on any atom is 0.0958 e. The van der Waals surface area contributed by atoms with Gasteiger partial charge >= 0.3 is 0 Å². The minimum Gasteiger partial charge on any atom is -0.107 e. The highest BCUT2D eigenvalue weighted by Gasteiger charge is 2.49. The molecule has 0 atom stereocenters. The van der Waals surface area contributed by atoms with E-state index in [0.29, 0.717) is 0 Å². The average Bonchev–Trinajstić information content (AvgIpc) is 1.98. The van der Waals surface area contributed by atoms with Gasteiger partial charge in [0.1, 0.15) is 0 Å². The van der Waals surface area contributed by atoms with E-state index in [1.165, 1.54) is 11.3 Å². The summed E-state index contributed by atoms with van der Waals surface area (Å²) in [6.45, 7) is 14.1. The lowest BCUT2D eigenvalue weighted by molar-refractivity contribution is 1.42. The minimum absolute atomic E-state index is 0.965. The van der Waals surface area contributed by atoms with Gasteiger partial charge in [0.25, 0.3) is 0 Å². The monoisotopic (exact) mass is 180 g/mol. The predicted molar refractivity (Wildman–Crippen MR) is 57.6 cm³/mol. The van der Waals surface area contributed by atoms with Crippen molar-refractivity contribution in [2.45, 2.75) is 17.9 Å². The fourth-order valence-corrected chi connectivity index (χ4v) is 17.2. The summed E-state index contributed by atoms with van der Waals surface area (Å²) in [5.74, 6) is 0. The van der Waals surface area contributed by atoms with E-state index in [1.54, 1.807) is 0 Å². The molecule has 0 nitrogen and oxygen atoms in total.